The van der Waals surface area contributed by atoms with Crippen LogP contribution < -0.4 is 11.1 Å². The van der Waals surface area contributed by atoms with E-state index >= 15 is 0 Å². The van der Waals surface area contributed by atoms with Crippen LogP contribution in [0.5, 0.6) is 11.5 Å². The van der Waals surface area contributed by atoms with Gasteiger partial charge in [-0.1, -0.05) is 12.8 Å². The fraction of sp³-hybridized carbons (Fsp3) is 0.533. The zero-order valence-corrected chi connectivity index (χ0v) is 11.5. The third-order valence-corrected chi connectivity index (χ3v) is 4.13. The molecule has 0 saturated heterocycles. The molecular formula is C15H22N2O3. The quantitative estimate of drug-likeness (QED) is 0.629. The number of phenolic OH excluding ortho intramolecular Hbond substituents is 2. The summed E-state index contributed by atoms with van der Waals surface area (Å²) in [6, 6.07) is 4.07. The van der Waals surface area contributed by atoms with E-state index in [2.05, 4.69) is 5.32 Å². The van der Waals surface area contributed by atoms with Gasteiger partial charge in [-0.15, -0.1) is 0 Å². The molecule has 1 aliphatic carbocycles. The summed E-state index contributed by atoms with van der Waals surface area (Å²) in [5, 5.41) is 21.5. The molecule has 2 rings (SSSR count). The predicted octanol–water partition coefficient (Wildman–Crippen LogP) is 1.59. The molecule has 0 aliphatic heterocycles. The lowest BCUT2D eigenvalue weighted by Gasteiger charge is -2.30. The highest BCUT2D eigenvalue weighted by atomic mass is 16.3. The van der Waals surface area contributed by atoms with Crippen LogP contribution in [-0.4, -0.2) is 29.2 Å². The Kier molecular flexibility index (Phi) is 4.84. The van der Waals surface area contributed by atoms with E-state index in [-0.39, 0.29) is 17.4 Å². The standard InChI is InChI=1S/C15H22N2O3/c16-8-11-3-1-2-4-12(11)9-17-15(20)10-5-6-13(18)14(19)7-10/h5-7,11-12,18-19H,1-4,8-9,16H2,(H,17,20). The fourth-order valence-electron chi connectivity index (χ4n) is 2.85. The Hall–Kier alpha value is -1.75. The van der Waals surface area contributed by atoms with Gasteiger partial charge in [0, 0.05) is 12.1 Å². The van der Waals surface area contributed by atoms with E-state index in [0.717, 1.165) is 12.8 Å². The smallest absolute Gasteiger partial charge is 0.251 e. The first-order valence-corrected chi connectivity index (χ1v) is 7.12. The maximum absolute atomic E-state index is 12.0. The van der Waals surface area contributed by atoms with Crippen molar-refractivity contribution in [3.8, 4) is 11.5 Å². The molecule has 0 heterocycles. The van der Waals surface area contributed by atoms with Crippen LogP contribution in [0.2, 0.25) is 0 Å². The van der Waals surface area contributed by atoms with E-state index in [9.17, 15) is 15.0 Å². The minimum atomic E-state index is -0.282. The SMILES string of the molecule is NCC1CCCCC1CNC(=O)c1ccc(O)c(O)c1. The minimum absolute atomic E-state index is 0.225. The zero-order chi connectivity index (χ0) is 14.5. The van der Waals surface area contributed by atoms with Crippen molar-refractivity contribution in [3.63, 3.8) is 0 Å². The molecule has 1 aliphatic rings. The Morgan fingerprint density at radius 3 is 2.55 bits per heavy atom. The molecule has 0 spiro atoms. The van der Waals surface area contributed by atoms with E-state index in [4.69, 9.17) is 5.73 Å². The number of phenols is 2. The van der Waals surface area contributed by atoms with E-state index in [0.29, 0.717) is 30.5 Å². The number of carbonyl (C=O) groups is 1. The molecule has 20 heavy (non-hydrogen) atoms. The molecule has 1 fully saturated rings. The van der Waals surface area contributed by atoms with Crippen molar-refractivity contribution in [1.29, 1.82) is 0 Å². The predicted molar refractivity (Wildman–Crippen MR) is 76.6 cm³/mol. The number of nitrogens with two attached hydrogens (primary N) is 1. The third-order valence-electron chi connectivity index (χ3n) is 4.13. The van der Waals surface area contributed by atoms with Crippen LogP contribution in [0.1, 0.15) is 36.0 Å². The van der Waals surface area contributed by atoms with Gasteiger partial charge in [0.05, 0.1) is 0 Å². The molecule has 0 radical (unpaired) electrons. The lowest BCUT2D eigenvalue weighted by Crippen LogP contribution is -2.36. The topological polar surface area (TPSA) is 95.6 Å². The van der Waals surface area contributed by atoms with Crippen LogP contribution >= 0.6 is 0 Å². The van der Waals surface area contributed by atoms with Crippen LogP contribution in [0.25, 0.3) is 0 Å². The Morgan fingerprint density at radius 2 is 1.90 bits per heavy atom. The van der Waals surface area contributed by atoms with Crippen molar-refractivity contribution in [3.05, 3.63) is 23.8 Å². The Labute approximate surface area is 118 Å². The minimum Gasteiger partial charge on any atom is -0.504 e. The Morgan fingerprint density at radius 1 is 1.20 bits per heavy atom. The molecule has 1 amide bonds. The van der Waals surface area contributed by atoms with Gasteiger partial charge >= 0.3 is 0 Å². The normalized spacial score (nSPS) is 22.4. The van der Waals surface area contributed by atoms with Crippen molar-refractivity contribution in [2.75, 3.05) is 13.1 Å². The first-order valence-electron chi connectivity index (χ1n) is 7.12. The van der Waals surface area contributed by atoms with Gasteiger partial charge in [-0.05, 0) is 49.4 Å². The van der Waals surface area contributed by atoms with E-state index in [1.807, 2.05) is 0 Å². The largest absolute Gasteiger partial charge is 0.504 e. The molecule has 1 aromatic carbocycles. The van der Waals surface area contributed by atoms with Gasteiger partial charge in [-0.2, -0.15) is 0 Å². The number of nitrogens with one attached hydrogen (secondary N) is 1. The van der Waals surface area contributed by atoms with Gasteiger partial charge in [-0.25, -0.2) is 0 Å². The number of aromatic hydroxyl groups is 2. The summed E-state index contributed by atoms with van der Waals surface area (Å²) in [6.07, 6.45) is 4.65. The molecule has 1 aromatic rings. The molecule has 5 N–H and O–H groups in total. The van der Waals surface area contributed by atoms with Crippen LogP contribution in [-0.2, 0) is 0 Å². The molecule has 5 nitrogen and oxygen atoms in total. The molecule has 0 aromatic heterocycles. The zero-order valence-electron chi connectivity index (χ0n) is 11.5. The van der Waals surface area contributed by atoms with Crippen molar-refractivity contribution in [1.82, 2.24) is 5.32 Å². The van der Waals surface area contributed by atoms with Gasteiger partial charge < -0.3 is 21.3 Å². The van der Waals surface area contributed by atoms with Crippen molar-refractivity contribution >= 4 is 5.91 Å². The molecule has 2 atom stereocenters. The number of benzene rings is 1. The van der Waals surface area contributed by atoms with Gasteiger partial charge in [-0.3, -0.25) is 4.79 Å². The van der Waals surface area contributed by atoms with E-state index in [1.54, 1.807) is 0 Å². The molecule has 110 valence electrons. The summed E-state index contributed by atoms with van der Waals surface area (Å²) in [5.74, 6) is 0.175. The fourth-order valence-corrected chi connectivity index (χ4v) is 2.85. The van der Waals surface area contributed by atoms with Crippen molar-refractivity contribution < 1.29 is 15.0 Å². The summed E-state index contributed by atoms with van der Waals surface area (Å²) in [6.45, 7) is 1.28. The van der Waals surface area contributed by atoms with E-state index < -0.39 is 0 Å². The highest BCUT2D eigenvalue weighted by Crippen LogP contribution is 2.29. The first-order chi connectivity index (χ1) is 9.61. The second kappa shape index (κ2) is 6.61. The highest BCUT2D eigenvalue weighted by Gasteiger charge is 2.24. The van der Waals surface area contributed by atoms with Crippen molar-refractivity contribution in [2.24, 2.45) is 17.6 Å². The number of carbonyl (C=O) groups excluding carboxylic acids is 1. The van der Waals surface area contributed by atoms with Gasteiger partial charge in [0.1, 0.15) is 0 Å². The van der Waals surface area contributed by atoms with Crippen LogP contribution in [0.3, 0.4) is 0 Å². The molecule has 1 saturated carbocycles. The van der Waals surface area contributed by atoms with Gasteiger partial charge in [0.25, 0.3) is 5.91 Å². The monoisotopic (exact) mass is 278 g/mol. The Balaban J connectivity index is 1.92. The summed E-state index contributed by atoms with van der Waals surface area (Å²) in [5.41, 5.74) is 6.12. The van der Waals surface area contributed by atoms with Crippen LogP contribution in [0.4, 0.5) is 0 Å². The van der Waals surface area contributed by atoms with Crippen LogP contribution in [0.15, 0.2) is 18.2 Å². The maximum Gasteiger partial charge on any atom is 0.251 e. The molecular weight excluding hydrogens is 256 g/mol. The Bertz CT molecular complexity index is 476. The molecule has 0 bridgehead atoms. The number of amides is 1. The van der Waals surface area contributed by atoms with Crippen LogP contribution in [0, 0.1) is 11.8 Å². The lowest BCUT2D eigenvalue weighted by molar-refractivity contribution is 0.0934. The number of rotatable bonds is 4. The maximum atomic E-state index is 12.0. The van der Waals surface area contributed by atoms with Gasteiger partial charge in [0.15, 0.2) is 11.5 Å². The summed E-state index contributed by atoms with van der Waals surface area (Å²) < 4.78 is 0. The summed E-state index contributed by atoms with van der Waals surface area (Å²) in [7, 11) is 0. The second-order valence-electron chi connectivity index (χ2n) is 5.45. The number of hydrogen-bond acceptors (Lipinski definition) is 4. The average molecular weight is 278 g/mol. The molecule has 2 unspecified atom stereocenters. The lowest BCUT2D eigenvalue weighted by atomic mass is 9.79. The summed E-state index contributed by atoms with van der Waals surface area (Å²) >= 11 is 0. The second-order valence-corrected chi connectivity index (χ2v) is 5.45. The molecule has 5 heteroatoms. The number of hydrogen-bond donors (Lipinski definition) is 4. The van der Waals surface area contributed by atoms with Gasteiger partial charge in [0.2, 0.25) is 0 Å². The third kappa shape index (κ3) is 3.42. The highest BCUT2D eigenvalue weighted by molar-refractivity contribution is 5.94. The van der Waals surface area contributed by atoms with Crippen molar-refractivity contribution in [2.45, 2.75) is 25.7 Å². The van der Waals surface area contributed by atoms with E-state index in [1.165, 1.54) is 31.0 Å². The summed E-state index contributed by atoms with van der Waals surface area (Å²) in [4.78, 5) is 12.0. The first kappa shape index (κ1) is 14.7. The average Bonchev–Trinajstić information content (AvgIpc) is 2.47.